The van der Waals surface area contributed by atoms with E-state index in [-0.39, 0.29) is 17.7 Å². The summed E-state index contributed by atoms with van der Waals surface area (Å²) in [6, 6.07) is 11.5. The number of ether oxygens (including phenoxy) is 1. The number of para-hydroxylation sites is 1. The van der Waals surface area contributed by atoms with E-state index in [0.29, 0.717) is 47.4 Å². The molecule has 0 spiro atoms. The number of fused-ring (bicyclic) bond motifs is 3. The smallest absolute Gasteiger partial charge is 0.314 e. The van der Waals surface area contributed by atoms with Crippen LogP contribution in [0.1, 0.15) is 99.8 Å². The maximum atomic E-state index is 11.6. The van der Waals surface area contributed by atoms with E-state index in [1.807, 2.05) is 44.4 Å². The second-order valence-corrected chi connectivity index (χ2v) is 15.4. The van der Waals surface area contributed by atoms with Crippen molar-refractivity contribution in [3.63, 3.8) is 0 Å². The summed E-state index contributed by atoms with van der Waals surface area (Å²) in [6.45, 7) is 9.45. The second-order valence-electron chi connectivity index (χ2n) is 15.4. The van der Waals surface area contributed by atoms with Crippen LogP contribution in [-0.4, -0.2) is 83.7 Å². The number of nitrogens with one attached hydrogen (secondary N) is 1. The van der Waals surface area contributed by atoms with Crippen molar-refractivity contribution in [2.24, 2.45) is 11.8 Å². The Balaban J connectivity index is 0.832. The van der Waals surface area contributed by atoms with Crippen molar-refractivity contribution in [3.8, 4) is 22.9 Å². The fourth-order valence-corrected chi connectivity index (χ4v) is 8.80. The molecule has 2 atom stereocenters. The van der Waals surface area contributed by atoms with Crippen molar-refractivity contribution in [3.05, 3.63) is 71.4 Å². The van der Waals surface area contributed by atoms with Crippen LogP contribution in [0.2, 0.25) is 0 Å². The lowest BCUT2D eigenvalue weighted by Gasteiger charge is -2.40. The number of piperidine rings is 1. The van der Waals surface area contributed by atoms with Gasteiger partial charge < -0.3 is 34.3 Å². The molecule has 3 aliphatic rings. The lowest BCUT2D eigenvalue weighted by Crippen LogP contribution is -2.43. The number of carbonyl (C=O) groups is 1. The molecular weight excluding hydrogens is 672 g/mol. The Labute approximate surface area is 308 Å². The highest BCUT2D eigenvalue weighted by atomic mass is 16.5. The van der Waals surface area contributed by atoms with Gasteiger partial charge in [0, 0.05) is 59.7 Å². The highest BCUT2D eigenvalue weighted by molar-refractivity contribution is 5.86. The lowest BCUT2D eigenvalue weighted by atomic mass is 9.83. The zero-order valence-electron chi connectivity index (χ0n) is 30.6. The maximum absolute atomic E-state index is 11.6. The molecule has 5 aromatic rings. The van der Waals surface area contributed by atoms with Crippen molar-refractivity contribution < 1.29 is 24.3 Å². The third-order valence-electron chi connectivity index (χ3n) is 11.8. The monoisotopic (exact) mass is 720 g/mol. The first-order chi connectivity index (χ1) is 25.7. The number of H-pyrrole nitrogens is 1. The van der Waals surface area contributed by atoms with Crippen LogP contribution in [0.4, 0.5) is 5.95 Å². The first-order valence-corrected chi connectivity index (χ1v) is 19.0. The van der Waals surface area contributed by atoms with Gasteiger partial charge in [0.05, 0.1) is 18.3 Å². The topological polar surface area (TPSA) is 167 Å². The molecule has 0 bridgehead atoms. The summed E-state index contributed by atoms with van der Waals surface area (Å²) in [7, 11) is 0. The summed E-state index contributed by atoms with van der Waals surface area (Å²) in [4.78, 5) is 29.9. The fraction of sp³-hybridized carbons (Fsp3) is 0.500. The molecule has 278 valence electrons. The van der Waals surface area contributed by atoms with Gasteiger partial charge in [0.25, 0.3) is 5.88 Å². The molecule has 13 heteroatoms. The molecule has 1 aromatic carbocycles. The normalized spacial score (nSPS) is 21.9. The molecule has 13 nitrogen and oxygen atoms in total. The number of nitrogens with zero attached hydrogens (tertiary/aromatic N) is 7. The Morgan fingerprint density at radius 3 is 2.49 bits per heavy atom. The van der Waals surface area contributed by atoms with Crippen LogP contribution >= 0.6 is 0 Å². The third-order valence-corrected chi connectivity index (χ3v) is 11.8. The van der Waals surface area contributed by atoms with Gasteiger partial charge in [-0.15, -0.1) is 10.2 Å². The zero-order valence-corrected chi connectivity index (χ0v) is 30.6. The van der Waals surface area contributed by atoms with Gasteiger partial charge in [-0.2, -0.15) is 0 Å². The first kappa shape index (κ1) is 35.0. The number of benzene rings is 1. The van der Waals surface area contributed by atoms with Gasteiger partial charge in [-0.05, 0) is 105 Å². The van der Waals surface area contributed by atoms with Crippen LogP contribution in [0.5, 0.6) is 11.6 Å². The number of aromatic nitrogens is 6. The van der Waals surface area contributed by atoms with Gasteiger partial charge in [-0.1, -0.05) is 26.0 Å². The van der Waals surface area contributed by atoms with Crippen LogP contribution < -0.4 is 9.64 Å². The van der Waals surface area contributed by atoms with E-state index in [4.69, 9.17) is 19.2 Å². The number of aromatic hydroxyl groups is 1. The van der Waals surface area contributed by atoms with E-state index in [1.165, 1.54) is 11.1 Å². The number of rotatable bonds is 10. The maximum Gasteiger partial charge on any atom is 0.314 e. The minimum Gasteiger partial charge on any atom is -0.507 e. The van der Waals surface area contributed by atoms with Crippen LogP contribution in [0, 0.1) is 11.8 Å². The Morgan fingerprint density at radius 1 is 1.02 bits per heavy atom. The quantitative estimate of drug-likeness (QED) is 0.137. The molecule has 3 N–H and O–H groups in total. The van der Waals surface area contributed by atoms with Crippen molar-refractivity contribution in [1.82, 2.24) is 35.2 Å². The Bertz CT molecular complexity index is 2050. The average molecular weight is 721 g/mol. The van der Waals surface area contributed by atoms with Gasteiger partial charge in [0.1, 0.15) is 11.7 Å². The van der Waals surface area contributed by atoms with Crippen LogP contribution in [-0.2, 0) is 11.2 Å². The molecule has 1 saturated heterocycles. The van der Waals surface area contributed by atoms with E-state index >= 15 is 0 Å². The number of phenols is 1. The highest BCUT2D eigenvalue weighted by Gasteiger charge is 2.33. The molecule has 1 saturated carbocycles. The number of carboxylic acids is 1. The summed E-state index contributed by atoms with van der Waals surface area (Å²) >= 11 is 0. The van der Waals surface area contributed by atoms with E-state index in [2.05, 4.69) is 37.1 Å². The Morgan fingerprint density at radius 2 is 1.77 bits per heavy atom. The molecule has 1 unspecified atom stereocenters. The number of aliphatic carboxylic acids is 1. The van der Waals surface area contributed by atoms with Gasteiger partial charge >= 0.3 is 5.97 Å². The minimum atomic E-state index is -0.913. The van der Waals surface area contributed by atoms with Gasteiger partial charge in [0.15, 0.2) is 11.4 Å². The molecule has 2 fully saturated rings. The Kier molecular flexibility index (Phi) is 9.76. The number of likely N-dealkylation sites (tertiary alicyclic amines) is 1. The predicted molar refractivity (Wildman–Crippen MR) is 199 cm³/mol. The van der Waals surface area contributed by atoms with Gasteiger partial charge in [-0.25, -0.2) is 9.97 Å². The molecular formula is C40H48N8O5. The largest absolute Gasteiger partial charge is 0.507 e. The van der Waals surface area contributed by atoms with Crippen LogP contribution in [0.15, 0.2) is 53.3 Å². The third kappa shape index (κ3) is 7.06. The predicted octanol–water partition coefficient (Wildman–Crippen LogP) is 6.87. The van der Waals surface area contributed by atoms with Crippen molar-refractivity contribution in [2.75, 3.05) is 31.1 Å². The minimum absolute atomic E-state index is 0.0427. The number of phenolic OH excluding ortho intramolecular Hbond substituents is 1. The standard InChI is InChI=1S/C40H48N8O5/c1-23(2)36(39(50)51)34-19-35(46-53-34)52-22-25-8-10-28(11-9-25)47-15-12-26(13-16-47)27-20-41-40(42-21-27)48-17-14-31-37(24(48)3)30-18-32(44-45-38(30)43-31)29-6-4-5-7-33(29)49/h4-7,18-21,23-26,28,36,49H,8-17,22H2,1-3H3,(H,43,45)(H,50,51)/t24-,25?,28?,36?/m0/s1. The lowest BCUT2D eigenvalue weighted by molar-refractivity contribution is -0.140. The van der Waals surface area contributed by atoms with Crippen molar-refractivity contribution in [1.29, 1.82) is 0 Å². The number of carboxylic acid groups (broad SMARTS) is 1. The summed E-state index contributed by atoms with van der Waals surface area (Å²) in [5, 5.41) is 33.8. The molecule has 0 amide bonds. The number of hydrogen-bond donors (Lipinski definition) is 3. The number of anilines is 1. The van der Waals surface area contributed by atoms with E-state index in [1.54, 1.807) is 18.2 Å². The molecule has 2 aliphatic heterocycles. The summed E-state index contributed by atoms with van der Waals surface area (Å²) < 4.78 is 11.3. The van der Waals surface area contributed by atoms with Crippen molar-refractivity contribution >= 4 is 23.0 Å². The molecule has 8 rings (SSSR count). The summed E-state index contributed by atoms with van der Waals surface area (Å²) in [6.07, 6.45) is 11.6. The number of hydrogen-bond acceptors (Lipinski definition) is 11. The van der Waals surface area contributed by atoms with Gasteiger partial charge in [0.2, 0.25) is 5.95 Å². The molecule has 53 heavy (non-hydrogen) atoms. The van der Waals surface area contributed by atoms with Crippen LogP contribution in [0.3, 0.4) is 0 Å². The molecule has 0 radical (unpaired) electrons. The van der Waals surface area contributed by atoms with E-state index in [9.17, 15) is 15.0 Å². The Hall–Kier alpha value is -5.04. The summed E-state index contributed by atoms with van der Waals surface area (Å²) in [5.41, 5.74) is 5.62. The SMILES string of the molecule is CC(C)C(C(=O)O)c1cc(OCC2CCC(N3CCC(c4cnc(N5CCc6[nH]c7nnc(-c8ccccc8O)cc7c6[C@@H]5C)nc4)CC3)CC2)no1. The van der Waals surface area contributed by atoms with E-state index in [0.717, 1.165) is 87.3 Å². The second kappa shape index (κ2) is 14.8. The molecule has 4 aromatic heterocycles. The van der Waals surface area contributed by atoms with Gasteiger partial charge in [-0.3, -0.25) is 4.79 Å². The zero-order chi connectivity index (χ0) is 36.6. The first-order valence-electron chi connectivity index (χ1n) is 19.0. The van der Waals surface area contributed by atoms with E-state index < -0.39 is 11.9 Å². The summed E-state index contributed by atoms with van der Waals surface area (Å²) in [5.74, 6) is 0.821. The van der Waals surface area contributed by atoms with Crippen LogP contribution in [0.25, 0.3) is 22.3 Å². The highest BCUT2D eigenvalue weighted by Crippen LogP contribution is 2.39. The van der Waals surface area contributed by atoms with Crippen molar-refractivity contribution in [2.45, 2.75) is 89.6 Å². The average Bonchev–Trinajstić information content (AvgIpc) is 3.79. The molecule has 6 heterocycles. The number of aromatic amines is 1. The fourth-order valence-electron chi connectivity index (χ4n) is 8.80. The molecule has 1 aliphatic carbocycles.